The van der Waals surface area contributed by atoms with Gasteiger partial charge in [0.25, 0.3) is 5.91 Å². The maximum atomic E-state index is 11.5. The zero-order valence-corrected chi connectivity index (χ0v) is 8.40. The molecule has 0 saturated heterocycles. The van der Waals surface area contributed by atoms with Gasteiger partial charge in [-0.2, -0.15) is 0 Å². The molecule has 1 aliphatic heterocycles. The summed E-state index contributed by atoms with van der Waals surface area (Å²) in [4.78, 5) is 11.5. The van der Waals surface area contributed by atoms with Gasteiger partial charge in [0, 0.05) is 6.04 Å². The molecule has 1 amide bonds. The van der Waals surface area contributed by atoms with E-state index < -0.39 is 0 Å². The van der Waals surface area contributed by atoms with Gasteiger partial charge in [0.2, 0.25) is 0 Å². The van der Waals surface area contributed by atoms with Gasteiger partial charge >= 0.3 is 0 Å². The second kappa shape index (κ2) is 3.40. The summed E-state index contributed by atoms with van der Waals surface area (Å²) in [6.45, 7) is 5.02. The number of carbonyl (C=O) groups is 1. The van der Waals surface area contributed by atoms with Crippen LogP contribution in [0.5, 0.6) is 0 Å². The molecule has 76 valence electrons. The standard InChI is InChI=1S/C9H14N4O/c1-6(2)3-7-5-13-8(4-10-12-13)9(14)11-7/h4,6-7H,3,5H2,1-2H3,(H,11,14)/t7-/m1/s1. The van der Waals surface area contributed by atoms with Crippen LogP contribution in [0.25, 0.3) is 0 Å². The highest BCUT2D eigenvalue weighted by molar-refractivity contribution is 5.92. The predicted molar refractivity (Wildman–Crippen MR) is 50.7 cm³/mol. The maximum absolute atomic E-state index is 11.5. The van der Waals surface area contributed by atoms with Gasteiger partial charge in [-0.15, -0.1) is 5.10 Å². The summed E-state index contributed by atoms with van der Waals surface area (Å²) < 4.78 is 1.67. The average Bonchev–Trinajstić information content (AvgIpc) is 2.50. The fraction of sp³-hybridized carbons (Fsp3) is 0.667. The molecule has 0 aromatic carbocycles. The Morgan fingerprint density at radius 3 is 3.21 bits per heavy atom. The van der Waals surface area contributed by atoms with Gasteiger partial charge < -0.3 is 5.32 Å². The molecule has 1 N–H and O–H groups in total. The van der Waals surface area contributed by atoms with Gasteiger partial charge in [-0.3, -0.25) is 4.79 Å². The van der Waals surface area contributed by atoms with E-state index in [0.29, 0.717) is 11.6 Å². The van der Waals surface area contributed by atoms with Crippen molar-refractivity contribution < 1.29 is 4.79 Å². The van der Waals surface area contributed by atoms with Crippen molar-refractivity contribution in [2.45, 2.75) is 32.9 Å². The molecule has 0 bridgehead atoms. The van der Waals surface area contributed by atoms with Crippen LogP contribution in [0.15, 0.2) is 6.20 Å². The van der Waals surface area contributed by atoms with E-state index in [-0.39, 0.29) is 11.9 Å². The number of rotatable bonds is 2. The molecular weight excluding hydrogens is 180 g/mol. The summed E-state index contributed by atoms with van der Waals surface area (Å²) >= 11 is 0. The summed E-state index contributed by atoms with van der Waals surface area (Å²) in [5.41, 5.74) is 0.560. The second-order valence-corrected chi connectivity index (χ2v) is 4.10. The van der Waals surface area contributed by atoms with Crippen molar-refractivity contribution in [3.8, 4) is 0 Å². The normalized spacial score (nSPS) is 20.8. The highest BCUT2D eigenvalue weighted by Gasteiger charge is 2.25. The zero-order chi connectivity index (χ0) is 10.1. The molecule has 1 aromatic heterocycles. The predicted octanol–water partition coefficient (Wildman–Crippen LogP) is 0.436. The Balaban J connectivity index is 2.13. The lowest BCUT2D eigenvalue weighted by Gasteiger charge is -2.25. The summed E-state index contributed by atoms with van der Waals surface area (Å²) in [5, 5.41) is 10.5. The van der Waals surface area contributed by atoms with E-state index in [2.05, 4.69) is 29.5 Å². The first-order valence-electron chi connectivity index (χ1n) is 4.86. The van der Waals surface area contributed by atoms with E-state index in [4.69, 9.17) is 0 Å². The smallest absolute Gasteiger partial charge is 0.271 e. The van der Waals surface area contributed by atoms with Crippen LogP contribution in [0.4, 0.5) is 0 Å². The lowest BCUT2D eigenvalue weighted by molar-refractivity contribution is 0.0888. The van der Waals surface area contributed by atoms with Gasteiger partial charge in [-0.05, 0) is 12.3 Å². The van der Waals surface area contributed by atoms with Gasteiger partial charge in [-0.1, -0.05) is 19.1 Å². The minimum atomic E-state index is -0.0631. The molecule has 5 nitrogen and oxygen atoms in total. The quantitative estimate of drug-likeness (QED) is 0.743. The van der Waals surface area contributed by atoms with Crippen LogP contribution in [0.2, 0.25) is 0 Å². The van der Waals surface area contributed by atoms with E-state index in [9.17, 15) is 4.79 Å². The summed E-state index contributed by atoms with van der Waals surface area (Å²) in [6.07, 6.45) is 2.48. The molecule has 2 rings (SSSR count). The topological polar surface area (TPSA) is 59.8 Å². The Morgan fingerprint density at radius 2 is 2.50 bits per heavy atom. The van der Waals surface area contributed by atoms with Crippen LogP contribution in [-0.2, 0) is 6.54 Å². The first kappa shape index (κ1) is 9.18. The second-order valence-electron chi connectivity index (χ2n) is 4.10. The molecule has 0 unspecified atom stereocenters. The number of hydrogen-bond acceptors (Lipinski definition) is 3. The molecule has 2 heterocycles. The van der Waals surface area contributed by atoms with Crippen LogP contribution in [0, 0.1) is 5.92 Å². The van der Waals surface area contributed by atoms with Crippen molar-refractivity contribution >= 4 is 5.91 Å². The van der Waals surface area contributed by atoms with Crippen LogP contribution in [-0.4, -0.2) is 26.9 Å². The molecule has 0 aliphatic carbocycles. The molecule has 1 aliphatic rings. The fourth-order valence-electron chi connectivity index (χ4n) is 1.78. The molecule has 1 atom stereocenters. The molecule has 14 heavy (non-hydrogen) atoms. The van der Waals surface area contributed by atoms with E-state index >= 15 is 0 Å². The fourth-order valence-corrected chi connectivity index (χ4v) is 1.78. The van der Waals surface area contributed by atoms with Crippen molar-refractivity contribution in [3.05, 3.63) is 11.9 Å². The number of fused-ring (bicyclic) bond motifs is 1. The van der Waals surface area contributed by atoms with Crippen LogP contribution in [0.1, 0.15) is 30.8 Å². The van der Waals surface area contributed by atoms with Gasteiger partial charge in [-0.25, -0.2) is 4.68 Å². The first-order chi connectivity index (χ1) is 6.66. The van der Waals surface area contributed by atoms with Crippen LogP contribution >= 0.6 is 0 Å². The number of amides is 1. The Labute approximate surface area is 82.5 Å². The number of hydrogen-bond donors (Lipinski definition) is 1. The third-order valence-corrected chi connectivity index (χ3v) is 2.33. The summed E-state index contributed by atoms with van der Waals surface area (Å²) in [6, 6.07) is 0.191. The Kier molecular flexibility index (Phi) is 2.23. The first-order valence-corrected chi connectivity index (χ1v) is 4.86. The molecular formula is C9H14N4O. The monoisotopic (exact) mass is 194 g/mol. The van der Waals surface area contributed by atoms with Crippen LogP contribution < -0.4 is 5.32 Å². The van der Waals surface area contributed by atoms with E-state index in [1.807, 2.05) is 0 Å². The highest BCUT2D eigenvalue weighted by atomic mass is 16.2. The van der Waals surface area contributed by atoms with Gasteiger partial charge in [0.05, 0.1) is 12.7 Å². The third kappa shape index (κ3) is 1.62. The van der Waals surface area contributed by atoms with Gasteiger partial charge in [0.1, 0.15) is 5.69 Å². The van der Waals surface area contributed by atoms with Crippen molar-refractivity contribution in [2.75, 3.05) is 0 Å². The molecule has 0 radical (unpaired) electrons. The SMILES string of the molecule is CC(C)C[C@@H]1Cn2nncc2C(=O)N1. The Bertz CT molecular complexity index is 344. The van der Waals surface area contributed by atoms with Crippen molar-refractivity contribution in [3.63, 3.8) is 0 Å². The highest BCUT2D eigenvalue weighted by Crippen LogP contribution is 2.12. The molecule has 0 spiro atoms. The number of nitrogens with one attached hydrogen (secondary N) is 1. The number of nitrogens with zero attached hydrogens (tertiary/aromatic N) is 3. The molecule has 1 aromatic rings. The Hall–Kier alpha value is -1.39. The largest absolute Gasteiger partial charge is 0.346 e. The van der Waals surface area contributed by atoms with E-state index in [1.165, 1.54) is 6.20 Å². The lowest BCUT2D eigenvalue weighted by Crippen LogP contribution is -2.45. The zero-order valence-electron chi connectivity index (χ0n) is 8.40. The van der Waals surface area contributed by atoms with Crippen molar-refractivity contribution in [2.24, 2.45) is 5.92 Å². The summed E-state index contributed by atoms with van der Waals surface area (Å²) in [7, 11) is 0. The van der Waals surface area contributed by atoms with Crippen molar-refractivity contribution in [1.29, 1.82) is 0 Å². The lowest BCUT2D eigenvalue weighted by atomic mass is 10.0. The maximum Gasteiger partial charge on any atom is 0.271 e. The molecule has 0 saturated carbocycles. The Morgan fingerprint density at radius 1 is 1.71 bits per heavy atom. The summed E-state index contributed by atoms with van der Waals surface area (Å²) in [5.74, 6) is 0.511. The third-order valence-electron chi connectivity index (χ3n) is 2.33. The minimum absolute atomic E-state index is 0.0631. The van der Waals surface area contributed by atoms with Crippen LogP contribution in [0.3, 0.4) is 0 Å². The molecule has 5 heteroatoms. The van der Waals surface area contributed by atoms with Gasteiger partial charge in [0.15, 0.2) is 0 Å². The molecule has 0 fully saturated rings. The number of aromatic nitrogens is 3. The van der Waals surface area contributed by atoms with E-state index in [0.717, 1.165) is 13.0 Å². The van der Waals surface area contributed by atoms with Crippen molar-refractivity contribution in [1.82, 2.24) is 20.3 Å². The number of carbonyl (C=O) groups excluding carboxylic acids is 1. The van der Waals surface area contributed by atoms with E-state index in [1.54, 1.807) is 4.68 Å². The average molecular weight is 194 g/mol. The minimum Gasteiger partial charge on any atom is -0.346 e.